The van der Waals surface area contributed by atoms with Crippen LogP contribution in [0.3, 0.4) is 0 Å². The van der Waals surface area contributed by atoms with E-state index in [1.54, 1.807) is 33.4 Å². The first-order chi connectivity index (χ1) is 14.7. The molecule has 1 heterocycles. The van der Waals surface area contributed by atoms with Crippen LogP contribution in [0.25, 0.3) is 11.3 Å². The Bertz CT molecular complexity index is 1330. The van der Waals surface area contributed by atoms with Crippen molar-refractivity contribution in [2.45, 2.75) is 13.1 Å². The summed E-state index contributed by atoms with van der Waals surface area (Å²) in [5.41, 5.74) is 4.51. The molecular formula is C25H18N4O. The largest absolute Gasteiger partial charge is 0.329 e. The summed E-state index contributed by atoms with van der Waals surface area (Å²) in [6.07, 6.45) is 1.85. The second-order valence-corrected chi connectivity index (χ2v) is 7.00. The summed E-state index contributed by atoms with van der Waals surface area (Å²) in [5, 5.41) is 18.3. The van der Waals surface area contributed by atoms with Crippen LogP contribution in [-0.4, -0.2) is 9.13 Å². The summed E-state index contributed by atoms with van der Waals surface area (Å²) in [7, 11) is 0. The molecule has 0 radical (unpaired) electrons. The Morgan fingerprint density at radius 2 is 1.33 bits per heavy atom. The van der Waals surface area contributed by atoms with Gasteiger partial charge in [0.25, 0.3) is 0 Å². The highest BCUT2D eigenvalue weighted by atomic mass is 16.1. The van der Waals surface area contributed by atoms with Crippen molar-refractivity contribution in [2.75, 3.05) is 0 Å². The SMILES string of the molecule is N#Cc1cccc(Cn2cc(-c3ccccc3)n(Cc3cccc(C#N)c3)c2=O)c1. The standard InChI is InChI=1S/C25H18N4O/c26-14-19-6-4-8-21(12-19)16-28-18-24(23-10-2-1-3-11-23)29(25(28)30)17-22-9-5-7-20(13-22)15-27/h1-13,18H,16-17H2. The van der Waals surface area contributed by atoms with Crippen LogP contribution in [0.15, 0.2) is 89.9 Å². The minimum absolute atomic E-state index is 0.140. The predicted molar refractivity (Wildman–Crippen MR) is 115 cm³/mol. The molecule has 0 aliphatic carbocycles. The van der Waals surface area contributed by atoms with Gasteiger partial charge in [-0.15, -0.1) is 0 Å². The van der Waals surface area contributed by atoms with Gasteiger partial charge in [-0.1, -0.05) is 54.6 Å². The first-order valence-corrected chi connectivity index (χ1v) is 9.51. The number of nitrogens with zero attached hydrogens (tertiary/aromatic N) is 4. The third-order valence-electron chi connectivity index (χ3n) is 4.92. The van der Waals surface area contributed by atoms with E-state index in [0.717, 1.165) is 22.4 Å². The maximum Gasteiger partial charge on any atom is 0.329 e. The lowest BCUT2D eigenvalue weighted by Gasteiger charge is -2.08. The lowest BCUT2D eigenvalue weighted by atomic mass is 10.1. The van der Waals surface area contributed by atoms with Gasteiger partial charge in [-0.25, -0.2) is 4.79 Å². The molecule has 30 heavy (non-hydrogen) atoms. The van der Waals surface area contributed by atoms with Gasteiger partial charge in [0.15, 0.2) is 0 Å². The van der Waals surface area contributed by atoms with Crippen molar-refractivity contribution in [2.24, 2.45) is 0 Å². The normalized spacial score (nSPS) is 10.3. The zero-order valence-electron chi connectivity index (χ0n) is 16.2. The molecule has 0 saturated carbocycles. The summed E-state index contributed by atoms with van der Waals surface area (Å²) in [6.45, 7) is 0.739. The Hall–Kier alpha value is -4.35. The van der Waals surface area contributed by atoms with Gasteiger partial charge in [0.05, 0.1) is 42.0 Å². The first kappa shape index (κ1) is 19.0. The second-order valence-electron chi connectivity index (χ2n) is 7.00. The van der Waals surface area contributed by atoms with E-state index in [1.165, 1.54) is 0 Å². The monoisotopic (exact) mass is 390 g/mol. The van der Waals surface area contributed by atoms with Gasteiger partial charge in [0.1, 0.15) is 0 Å². The molecule has 3 aromatic carbocycles. The molecule has 0 aliphatic rings. The van der Waals surface area contributed by atoms with Crippen molar-refractivity contribution >= 4 is 0 Å². The Morgan fingerprint density at radius 3 is 1.93 bits per heavy atom. The lowest BCUT2D eigenvalue weighted by molar-refractivity contribution is 0.686. The third kappa shape index (κ3) is 3.92. The highest BCUT2D eigenvalue weighted by Crippen LogP contribution is 2.20. The zero-order valence-corrected chi connectivity index (χ0v) is 16.2. The Kier molecular flexibility index (Phi) is 5.28. The summed E-state index contributed by atoms with van der Waals surface area (Å²) >= 11 is 0. The predicted octanol–water partition coefficient (Wildman–Crippen LogP) is 4.16. The number of hydrogen-bond donors (Lipinski definition) is 0. The van der Waals surface area contributed by atoms with E-state index in [0.29, 0.717) is 24.2 Å². The second kappa shape index (κ2) is 8.34. The fourth-order valence-corrected chi connectivity index (χ4v) is 3.49. The van der Waals surface area contributed by atoms with E-state index in [4.69, 9.17) is 5.26 Å². The molecule has 5 nitrogen and oxygen atoms in total. The van der Waals surface area contributed by atoms with Gasteiger partial charge in [-0.3, -0.25) is 9.13 Å². The van der Waals surface area contributed by atoms with Crippen LogP contribution in [-0.2, 0) is 13.1 Å². The maximum absolute atomic E-state index is 13.3. The highest BCUT2D eigenvalue weighted by Gasteiger charge is 2.14. The van der Waals surface area contributed by atoms with E-state index in [1.807, 2.05) is 60.8 Å². The van der Waals surface area contributed by atoms with Crippen LogP contribution in [0.4, 0.5) is 0 Å². The number of aromatic nitrogens is 2. The summed E-state index contributed by atoms with van der Waals surface area (Å²) in [6, 6.07) is 28.6. The van der Waals surface area contributed by atoms with Gasteiger partial charge < -0.3 is 0 Å². The fraction of sp³-hybridized carbons (Fsp3) is 0.0800. The molecule has 0 atom stereocenters. The van der Waals surface area contributed by atoms with Crippen molar-refractivity contribution in [1.82, 2.24) is 9.13 Å². The minimum Gasteiger partial charge on any atom is -0.294 e. The molecule has 0 amide bonds. The Balaban J connectivity index is 1.78. The van der Waals surface area contributed by atoms with Gasteiger partial charge in [0, 0.05) is 6.20 Å². The summed E-state index contributed by atoms with van der Waals surface area (Å²) < 4.78 is 3.38. The van der Waals surface area contributed by atoms with Crippen LogP contribution in [0.1, 0.15) is 22.3 Å². The Labute approximate surface area is 174 Å². The number of benzene rings is 3. The maximum atomic E-state index is 13.3. The van der Waals surface area contributed by atoms with Gasteiger partial charge in [-0.2, -0.15) is 10.5 Å². The van der Waals surface area contributed by atoms with E-state index >= 15 is 0 Å². The third-order valence-corrected chi connectivity index (χ3v) is 4.92. The molecule has 0 aliphatic heterocycles. The van der Waals surface area contributed by atoms with Crippen molar-refractivity contribution in [3.8, 4) is 23.4 Å². The molecular weight excluding hydrogens is 372 g/mol. The van der Waals surface area contributed by atoms with E-state index in [-0.39, 0.29) is 5.69 Å². The molecule has 0 unspecified atom stereocenters. The molecule has 0 saturated heterocycles. The fourth-order valence-electron chi connectivity index (χ4n) is 3.49. The minimum atomic E-state index is -0.140. The summed E-state index contributed by atoms with van der Waals surface area (Å²) in [4.78, 5) is 13.3. The number of nitriles is 2. The quantitative estimate of drug-likeness (QED) is 0.514. The van der Waals surface area contributed by atoms with Gasteiger partial charge in [-0.05, 0) is 41.0 Å². The molecule has 0 bridgehead atoms. The molecule has 4 rings (SSSR count). The number of imidazole rings is 1. The van der Waals surface area contributed by atoms with Crippen molar-refractivity contribution in [1.29, 1.82) is 10.5 Å². The van der Waals surface area contributed by atoms with Crippen molar-refractivity contribution in [3.63, 3.8) is 0 Å². The van der Waals surface area contributed by atoms with E-state index < -0.39 is 0 Å². The first-order valence-electron chi connectivity index (χ1n) is 9.51. The van der Waals surface area contributed by atoms with Gasteiger partial charge in [0.2, 0.25) is 0 Å². The molecule has 0 fully saturated rings. The van der Waals surface area contributed by atoms with Crippen molar-refractivity contribution in [3.05, 3.63) is 118 Å². The lowest BCUT2D eigenvalue weighted by Crippen LogP contribution is -2.25. The van der Waals surface area contributed by atoms with Gasteiger partial charge >= 0.3 is 5.69 Å². The molecule has 144 valence electrons. The molecule has 0 N–H and O–H groups in total. The van der Waals surface area contributed by atoms with Crippen LogP contribution in [0.2, 0.25) is 0 Å². The van der Waals surface area contributed by atoms with Crippen LogP contribution >= 0.6 is 0 Å². The molecule has 4 aromatic rings. The number of rotatable bonds is 5. The van der Waals surface area contributed by atoms with Crippen molar-refractivity contribution < 1.29 is 0 Å². The molecule has 1 aromatic heterocycles. The Morgan fingerprint density at radius 1 is 0.733 bits per heavy atom. The van der Waals surface area contributed by atoms with Crippen LogP contribution < -0.4 is 5.69 Å². The number of hydrogen-bond acceptors (Lipinski definition) is 3. The van der Waals surface area contributed by atoms with E-state index in [2.05, 4.69) is 12.1 Å². The average molecular weight is 390 g/mol. The molecule has 5 heteroatoms. The smallest absolute Gasteiger partial charge is 0.294 e. The summed E-state index contributed by atoms with van der Waals surface area (Å²) in [5.74, 6) is 0. The topological polar surface area (TPSA) is 74.5 Å². The zero-order chi connectivity index (χ0) is 20.9. The van der Waals surface area contributed by atoms with Crippen LogP contribution in [0.5, 0.6) is 0 Å². The van der Waals surface area contributed by atoms with E-state index in [9.17, 15) is 10.1 Å². The average Bonchev–Trinajstić information content (AvgIpc) is 3.10. The highest BCUT2D eigenvalue weighted by molar-refractivity contribution is 5.59. The van der Waals surface area contributed by atoms with Crippen LogP contribution in [0, 0.1) is 22.7 Å². The molecule has 0 spiro atoms.